The number of alkyl halides is 2. The highest BCUT2D eigenvalue weighted by atomic mass is 19.3. The zero-order valence-corrected chi connectivity index (χ0v) is 22.3. The van der Waals surface area contributed by atoms with E-state index >= 15 is 0 Å². The first-order chi connectivity index (χ1) is 17.8. The molecule has 1 N–H and O–H groups in total. The van der Waals surface area contributed by atoms with Crippen LogP contribution in [-0.2, 0) is 10.7 Å². The van der Waals surface area contributed by atoms with Crippen LogP contribution in [0.1, 0.15) is 63.1 Å². The fourth-order valence-electron chi connectivity index (χ4n) is 4.47. The Balaban J connectivity index is 1.27. The Bertz CT molecular complexity index is 1120. The van der Waals surface area contributed by atoms with Crippen molar-refractivity contribution in [2.75, 3.05) is 43.0 Å². The van der Waals surface area contributed by atoms with Crippen molar-refractivity contribution in [3.05, 3.63) is 23.8 Å². The third kappa shape index (κ3) is 6.64. The lowest BCUT2D eigenvalue weighted by molar-refractivity contribution is 0.00557. The van der Waals surface area contributed by atoms with Gasteiger partial charge in [0.25, 0.3) is 5.91 Å². The zero-order chi connectivity index (χ0) is 27.7. The van der Waals surface area contributed by atoms with Gasteiger partial charge in [0.05, 0.1) is 11.6 Å². The summed E-state index contributed by atoms with van der Waals surface area (Å²) < 4.78 is 37.1. The number of piperidine rings is 1. The molecule has 0 aromatic carbocycles. The van der Waals surface area contributed by atoms with Gasteiger partial charge in [-0.05, 0) is 40.0 Å². The predicted molar refractivity (Wildman–Crippen MR) is 133 cm³/mol. The summed E-state index contributed by atoms with van der Waals surface area (Å²) in [6.45, 7) is 8.35. The molecule has 2 aliphatic rings. The van der Waals surface area contributed by atoms with Crippen molar-refractivity contribution in [3.63, 3.8) is 0 Å². The van der Waals surface area contributed by atoms with E-state index in [9.17, 15) is 18.4 Å². The minimum absolute atomic E-state index is 0.0493. The van der Waals surface area contributed by atoms with Crippen LogP contribution in [-0.4, -0.2) is 87.9 Å². The first kappa shape index (κ1) is 27.5. The number of amides is 2. The highest BCUT2D eigenvalue weighted by Gasteiger charge is 2.34. The lowest BCUT2D eigenvalue weighted by Gasteiger charge is -2.35. The van der Waals surface area contributed by atoms with Crippen LogP contribution in [0.25, 0.3) is 0 Å². The molecule has 2 aliphatic heterocycles. The molecule has 0 aliphatic carbocycles. The number of alkyl carbamates (subject to hydrolysis) is 1. The molecule has 2 fully saturated rings. The molecule has 208 valence electrons. The number of hydrogen-bond acceptors (Lipinski definition) is 10. The van der Waals surface area contributed by atoms with Crippen LogP contribution in [0.3, 0.4) is 0 Å². The van der Waals surface area contributed by atoms with Gasteiger partial charge >= 0.3 is 18.0 Å². The summed E-state index contributed by atoms with van der Waals surface area (Å²) in [6, 6.07) is -0.0703. The summed E-state index contributed by atoms with van der Waals surface area (Å²) in [4.78, 5) is 43.0. The monoisotopic (exact) mass is 536 g/mol. The molecule has 4 rings (SSSR count). The second-order valence-corrected chi connectivity index (χ2v) is 10.8. The number of halogens is 2. The van der Waals surface area contributed by atoms with Gasteiger partial charge in [0.1, 0.15) is 5.60 Å². The number of anilines is 2. The van der Waals surface area contributed by atoms with Crippen molar-refractivity contribution in [3.8, 4) is 0 Å². The molecule has 2 saturated heterocycles. The second kappa shape index (κ2) is 10.7. The summed E-state index contributed by atoms with van der Waals surface area (Å²) in [5, 5.41) is 6.23. The Morgan fingerprint density at radius 2 is 1.71 bits per heavy atom. The number of aromatic nitrogens is 4. The molecule has 1 atom stereocenters. The molecular weight excluding hydrogens is 502 g/mol. The van der Waals surface area contributed by atoms with Crippen molar-refractivity contribution in [1.29, 1.82) is 0 Å². The largest absolute Gasteiger partial charge is 0.444 e. The van der Waals surface area contributed by atoms with Gasteiger partial charge < -0.3 is 29.3 Å². The number of rotatable bonds is 6. The number of carbonyl (C=O) groups excluding carboxylic acids is 2. The molecular formula is C24H34F2N8O4. The highest BCUT2D eigenvalue weighted by Crippen LogP contribution is 2.28. The van der Waals surface area contributed by atoms with Crippen LogP contribution in [0, 0.1) is 0 Å². The Morgan fingerprint density at radius 3 is 2.29 bits per heavy atom. The highest BCUT2D eigenvalue weighted by molar-refractivity contribution is 5.93. The average molecular weight is 537 g/mol. The van der Waals surface area contributed by atoms with E-state index in [1.165, 1.54) is 12.4 Å². The zero-order valence-electron chi connectivity index (χ0n) is 22.3. The Kier molecular flexibility index (Phi) is 7.70. The minimum atomic E-state index is -3.17. The lowest BCUT2D eigenvalue weighted by atomic mass is 10.0. The third-order valence-corrected chi connectivity index (χ3v) is 6.49. The van der Waals surface area contributed by atoms with Crippen LogP contribution >= 0.6 is 0 Å². The van der Waals surface area contributed by atoms with E-state index in [0.717, 1.165) is 13.3 Å². The van der Waals surface area contributed by atoms with Gasteiger partial charge in [-0.15, -0.1) is 0 Å². The van der Waals surface area contributed by atoms with Crippen LogP contribution in [0.5, 0.6) is 0 Å². The molecule has 14 heteroatoms. The molecule has 2 aromatic heterocycles. The van der Waals surface area contributed by atoms with Crippen LogP contribution < -0.4 is 15.1 Å². The Labute approximate surface area is 219 Å². The van der Waals surface area contributed by atoms with Gasteiger partial charge in [-0.2, -0.15) is 13.8 Å². The van der Waals surface area contributed by atoms with E-state index in [4.69, 9.17) is 9.26 Å². The maximum Gasteiger partial charge on any atom is 0.407 e. The lowest BCUT2D eigenvalue weighted by Crippen LogP contribution is -2.45. The van der Waals surface area contributed by atoms with Crippen molar-refractivity contribution in [1.82, 2.24) is 30.3 Å². The first-order valence-electron chi connectivity index (χ1n) is 12.6. The van der Waals surface area contributed by atoms with E-state index in [2.05, 4.69) is 25.4 Å². The van der Waals surface area contributed by atoms with Gasteiger partial charge in [-0.1, -0.05) is 5.16 Å². The van der Waals surface area contributed by atoms with E-state index in [1.54, 1.807) is 16.8 Å². The van der Waals surface area contributed by atoms with Gasteiger partial charge in [0, 0.05) is 58.6 Å². The summed E-state index contributed by atoms with van der Waals surface area (Å²) in [7, 11) is 1.73. The summed E-state index contributed by atoms with van der Waals surface area (Å²) >= 11 is 0. The molecule has 0 radical (unpaired) electrons. The van der Waals surface area contributed by atoms with E-state index in [0.29, 0.717) is 50.5 Å². The molecule has 1 unspecified atom stereocenters. The Morgan fingerprint density at radius 1 is 1.08 bits per heavy atom. The number of nitrogens with zero attached hydrogens (tertiary/aromatic N) is 7. The number of ether oxygens (including phenoxy) is 1. The molecule has 2 aromatic rings. The summed E-state index contributed by atoms with van der Waals surface area (Å²) in [6.07, 6.45) is 4.52. The topological polar surface area (TPSA) is 130 Å². The van der Waals surface area contributed by atoms with E-state index < -0.39 is 23.4 Å². The molecule has 0 bridgehead atoms. The summed E-state index contributed by atoms with van der Waals surface area (Å²) in [5.41, 5.74) is -0.196. The van der Waals surface area contributed by atoms with Gasteiger partial charge in [0.15, 0.2) is 0 Å². The fourth-order valence-corrected chi connectivity index (χ4v) is 4.47. The van der Waals surface area contributed by atoms with Crippen molar-refractivity contribution in [2.45, 2.75) is 70.6 Å². The smallest absolute Gasteiger partial charge is 0.407 e. The normalized spacial score (nSPS) is 19.0. The standard InChI is InChI=1S/C24H34F2N8O4/c1-23(2,3)37-22(36)29-16-6-9-34(14-16)20-27-12-15(13-28-20)18(35)32(5)17-7-10-33(11-8-17)21-30-19(31-38-21)24(4,25)26/h12-13,16-17H,6-11,14H2,1-5H3,(H,29,36). The number of nitrogens with one attached hydrogen (secondary N) is 1. The minimum Gasteiger partial charge on any atom is -0.444 e. The predicted octanol–water partition coefficient (Wildman–Crippen LogP) is 2.82. The second-order valence-electron chi connectivity index (χ2n) is 10.8. The van der Waals surface area contributed by atoms with Crippen LogP contribution in [0.4, 0.5) is 25.5 Å². The first-order valence-corrected chi connectivity index (χ1v) is 12.6. The molecule has 2 amide bonds. The van der Waals surface area contributed by atoms with E-state index in [-0.39, 0.29) is 24.0 Å². The van der Waals surface area contributed by atoms with Crippen molar-refractivity contribution < 1.29 is 27.6 Å². The SMILES string of the molecule is CN(C(=O)c1cnc(N2CCC(NC(=O)OC(C)(C)C)C2)nc1)C1CCN(c2nc(C(C)(F)F)no2)CC1. The number of carbonyl (C=O) groups is 2. The molecule has 38 heavy (non-hydrogen) atoms. The van der Waals surface area contributed by atoms with Gasteiger partial charge in [0.2, 0.25) is 11.8 Å². The summed E-state index contributed by atoms with van der Waals surface area (Å²) in [5.74, 6) is -3.53. The molecule has 0 spiro atoms. The van der Waals surface area contributed by atoms with Crippen LogP contribution in [0.15, 0.2) is 16.9 Å². The molecule has 0 saturated carbocycles. The van der Waals surface area contributed by atoms with Gasteiger partial charge in [-0.3, -0.25) is 4.79 Å². The maximum absolute atomic E-state index is 13.4. The number of hydrogen-bond donors (Lipinski definition) is 1. The Hall–Kier alpha value is -3.58. The van der Waals surface area contributed by atoms with Crippen molar-refractivity contribution in [2.24, 2.45) is 0 Å². The van der Waals surface area contributed by atoms with Gasteiger partial charge in [-0.25, -0.2) is 14.8 Å². The quantitative estimate of drug-likeness (QED) is 0.588. The molecule has 12 nitrogen and oxygen atoms in total. The fraction of sp³-hybridized carbons (Fsp3) is 0.667. The maximum atomic E-state index is 13.4. The third-order valence-electron chi connectivity index (χ3n) is 6.49. The average Bonchev–Trinajstić information content (AvgIpc) is 3.52. The van der Waals surface area contributed by atoms with Crippen LogP contribution in [0.2, 0.25) is 0 Å². The van der Waals surface area contributed by atoms with E-state index in [1.807, 2.05) is 25.7 Å². The van der Waals surface area contributed by atoms with Crippen molar-refractivity contribution >= 4 is 24.0 Å². The molecule has 4 heterocycles.